The molecule has 1 saturated heterocycles. The van der Waals surface area contributed by atoms with E-state index in [4.69, 9.17) is 14.9 Å². The van der Waals surface area contributed by atoms with Gasteiger partial charge in [-0.2, -0.15) is 0 Å². The summed E-state index contributed by atoms with van der Waals surface area (Å²) in [4.78, 5) is 0. The van der Waals surface area contributed by atoms with E-state index >= 15 is 0 Å². The summed E-state index contributed by atoms with van der Waals surface area (Å²) in [6.07, 6.45) is 1.40. The minimum absolute atomic E-state index is 0.0590. The van der Waals surface area contributed by atoms with Crippen molar-refractivity contribution in [2.45, 2.75) is 25.6 Å². The Morgan fingerprint density at radius 1 is 1.60 bits per heavy atom. The van der Waals surface area contributed by atoms with Gasteiger partial charge in [-0.25, -0.2) is 0 Å². The minimum Gasteiger partial charge on any atom is -0.376 e. The SMILES string of the molecule is CCC1COCC(O)(O)C1. The van der Waals surface area contributed by atoms with Gasteiger partial charge < -0.3 is 14.9 Å². The van der Waals surface area contributed by atoms with E-state index in [1.807, 2.05) is 6.92 Å². The number of rotatable bonds is 1. The normalized spacial score (nSPS) is 32.1. The Morgan fingerprint density at radius 3 is 2.70 bits per heavy atom. The van der Waals surface area contributed by atoms with Crippen LogP contribution in [0.4, 0.5) is 0 Å². The standard InChI is InChI=1S/C7H14O3/c1-2-6-3-7(8,9)5-10-4-6/h6,8-9H,2-5H2,1H3. The van der Waals surface area contributed by atoms with Crippen LogP contribution < -0.4 is 0 Å². The summed E-state index contributed by atoms with van der Waals surface area (Å²) < 4.78 is 4.99. The first-order valence-corrected chi connectivity index (χ1v) is 3.66. The number of ether oxygens (including phenoxy) is 1. The van der Waals surface area contributed by atoms with Gasteiger partial charge in [0.25, 0.3) is 0 Å². The molecule has 2 N–H and O–H groups in total. The summed E-state index contributed by atoms with van der Waals surface area (Å²) in [5.74, 6) is -1.26. The van der Waals surface area contributed by atoms with Gasteiger partial charge in [0.15, 0.2) is 5.79 Å². The van der Waals surface area contributed by atoms with E-state index in [1.54, 1.807) is 0 Å². The van der Waals surface area contributed by atoms with Crippen LogP contribution in [-0.4, -0.2) is 29.2 Å². The Bertz CT molecular complexity index is 111. The molecule has 0 spiro atoms. The molecule has 0 aliphatic carbocycles. The predicted molar refractivity (Wildman–Crippen MR) is 36.4 cm³/mol. The molecule has 1 unspecified atom stereocenters. The predicted octanol–water partition coefficient (Wildman–Crippen LogP) is 0.114. The highest BCUT2D eigenvalue weighted by atomic mass is 16.6. The van der Waals surface area contributed by atoms with Crippen molar-refractivity contribution in [1.82, 2.24) is 0 Å². The van der Waals surface area contributed by atoms with E-state index in [9.17, 15) is 0 Å². The number of hydrogen-bond acceptors (Lipinski definition) is 3. The lowest BCUT2D eigenvalue weighted by Gasteiger charge is -2.31. The van der Waals surface area contributed by atoms with Crippen LogP contribution >= 0.6 is 0 Å². The molecule has 1 rings (SSSR count). The Hall–Kier alpha value is -0.120. The quantitative estimate of drug-likeness (QED) is 0.516. The van der Waals surface area contributed by atoms with Crippen LogP contribution in [0, 0.1) is 5.92 Å². The highest BCUT2D eigenvalue weighted by Crippen LogP contribution is 2.22. The van der Waals surface area contributed by atoms with Crippen molar-refractivity contribution in [3.8, 4) is 0 Å². The van der Waals surface area contributed by atoms with Crippen LogP contribution in [-0.2, 0) is 4.74 Å². The Labute approximate surface area is 60.6 Å². The van der Waals surface area contributed by atoms with Crippen molar-refractivity contribution in [3.63, 3.8) is 0 Å². The molecule has 1 fully saturated rings. The van der Waals surface area contributed by atoms with Crippen molar-refractivity contribution in [1.29, 1.82) is 0 Å². The molecule has 1 heterocycles. The summed E-state index contributed by atoms with van der Waals surface area (Å²) in [7, 11) is 0. The van der Waals surface area contributed by atoms with Crippen LogP contribution in [0.5, 0.6) is 0 Å². The topological polar surface area (TPSA) is 49.7 Å². The molecule has 0 bridgehead atoms. The molecular formula is C7H14O3. The van der Waals surface area contributed by atoms with Gasteiger partial charge in [-0.05, 0) is 5.92 Å². The van der Waals surface area contributed by atoms with Crippen LogP contribution in [0.25, 0.3) is 0 Å². The summed E-state index contributed by atoms with van der Waals surface area (Å²) in [5.41, 5.74) is 0. The van der Waals surface area contributed by atoms with Gasteiger partial charge in [-0.3, -0.25) is 0 Å². The van der Waals surface area contributed by atoms with Gasteiger partial charge in [0.05, 0.1) is 0 Å². The highest BCUT2D eigenvalue weighted by molar-refractivity contribution is 4.74. The summed E-state index contributed by atoms with van der Waals surface area (Å²) >= 11 is 0. The molecule has 0 aromatic carbocycles. The van der Waals surface area contributed by atoms with Gasteiger partial charge in [0, 0.05) is 13.0 Å². The Kier molecular flexibility index (Phi) is 2.28. The number of aliphatic hydroxyl groups is 2. The van der Waals surface area contributed by atoms with Crippen molar-refractivity contribution in [2.75, 3.05) is 13.2 Å². The molecule has 1 atom stereocenters. The van der Waals surface area contributed by atoms with E-state index in [-0.39, 0.29) is 6.61 Å². The third-order valence-electron chi connectivity index (χ3n) is 1.88. The molecule has 0 saturated carbocycles. The van der Waals surface area contributed by atoms with Gasteiger partial charge >= 0.3 is 0 Å². The smallest absolute Gasteiger partial charge is 0.187 e. The largest absolute Gasteiger partial charge is 0.376 e. The van der Waals surface area contributed by atoms with Gasteiger partial charge in [0.2, 0.25) is 0 Å². The lowest BCUT2D eigenvalue weighted by Crippen LogP contribution is -2.42. The maximum atomic E-state index is 9.11. The van der Waals surface area contributed by atoms with Crippen molar-refractivity contribution in [2.24, 2.45) is 5.92 Å². The third kappa shape index (κ3) is 1.94. The molecule has 3 heteroatoms. The lowest BCUT2D eigenvalue weighted by atomic mass is 9.96. The second-order valence-corrected chi connectivity index (χ2v) is 2.98. The first-order chi connectivity index (χ1) is 4.64. The van der Waals surface area contributed by atoms with Crippen LogP contribution in [0.15, 0.2) is 0 Å². The Balaban J connectivity index is 2.40. The maximum Gasteiger partial charge on any atom is 0.187 e. The van der Waals surface area contributed by atoms with Gasteiger partial charge in [-0.15, -0.1) is 0 Å². The van der Waals surface area contributed by atoms with Crippen molar-refractivity contribution < 1.29 is 14.9 Å². The number of hydrogen-bond donors (Lipinski definition) is 2. The van der Waals surface area contributed by atoms with Crippen molar-refractivity contribution >= 4 is 0 Å². The molecule has 0 amide bonds. The molecule has 10 heavy (non-hydrogen) atoms. The third-order valence-corrected chi connectivity index (χ3v) is 1.88. The van der Waals surface area contributed by atoms with E-state index < -0.39 is 5.79 Å². The molecule has 1 aliphatic heterocycles. The van der Waals surface area contributed by atoms with E-state index in [2.05, 4.69) is 0 Å². The van der Waals surface area contributed by atoms with Crippen LogP contribution in [0.3, 0.4) is 0 Å². The Morgan fingerprint density at radius 2 is 2.30 bits per heavy atom. The zero-order valence-corrected chi connectivity index (χ0v) is 6.21. The minimum atomic E-state index is -1.57. The van der Waals surface area contributed by atoms with Crippen molar-refractivity contribution in [3.05, 3.63) is 0 Å². The van der Waals surface area contributed by atoms with Crippen LogP contribution in [0.1, 0.15) is 19.8 Å². The summed E-state index contributed by atoms with van der Waals surface area (Å²) in [5, 5.41) is 18.2. The summed E-state index contributed by atoms with van der Waals surface area (Å²) in [6, 6.07) is 0. The average Bonchev–Trinajstić information content (AvgIpc) is 1.86. The molecule has 60 valence electrons. The average molecular weight is 146 g/mol. The highest BCUT2D eigenvalue weighted by Gasteiger charge is 2.31. The van der Waals surface area contributed by atoms with E-state index in [0.29, 0.717) is 18.9 Å². The molecule has 1 aliphatic rings. The maximum absolute atomic E-state index is 9.11. The fraction of sp³-hybridized carbons (Fsp3) is 1.00. The lowest BCUT2D eigenvalue weighted by molar-refractivity contribution is -0.235. The molecular weight excluding hydrogens is 132 g/mol. The first-order valence-electron chi connectivity index (χ1n) is 3.66. The van der Waals surface area contributed by atoms with Crippen LogP contribution in [0.2, 0.25) is 0 Å². The molecule has 0 radical (unpaired) electrons. The second kappa shape index (κ2) is 2.86. The first kappa shape index (κ1) is 7.98. The zero-order valence-electron chi connectivity index (χ0n) is 6.21. The van der Waals surface area contributed by atoms with Gasteiger partial charge in [-0.1, -0.05) is 13.3 Å². The molecule has 0 aromatic heterocycles. The molecule has 0 aromatic rings. The zero-order chi connectivity index (χ0) is 7.61. The van der Waals surface area contributed by atoms with E-state index in [0.717, 1.165) is 6.42 Å². The fourth-order valence-corrected chi connectivity index (χ4v) is 1.23. The summed E-state index contributed by atoms with van der Waals surface area (Å²) in [6.45, 7) is 2.75. The second-order valence-electron chi connectivity index (χ2n) is 2.98. The fourth-order valence-electron chi connectivity index (χ4n) is 1.23. The van der Waals surface area contributed by atoms with Gasteiger partial charge in [0.1, 0.15) is 6.61 Å². The van der Waals surface area contributed by atoms with E-state index in [1.165, 1.54) is 0 Å². The monoisotopic (exact) mass is 146 g/mol. The molecule has 3 nitrogen and oxygen atoms in total.